The molecule has 0 spiro atoms. The normalized spacial score (nSPS) is 20.5. The number of carbonyl (C=O) groups is 1. The van der Waals surface area contributed by atoms with Gasteiger partial charge in [0.15, 0.2) is 0 Å². The summed E-state index contributed by atoms with van der Waals surface area (Å²) in [5.41, 5.74) is 12.1. The minimum absolute atomic E-state index is 0.0180. The number of para-hydroxylation sites is 1. The van der Waals surface area contributed by atoms with Crippen molar-refractivity contribution in [2.45, 2.75) is 31.6 Å². The Labute approximate surface area is 215 Å². The van der Waals surface area contributed by atoms with Crippen LogP contribution in [0.3, 0.4) is 0 Å². The number of piperidine rings is 1. The summed E-state index contributed by atoms with van der Waals surface area (Å²) in [6.45, 7) is 3.35. The molecule has 4 aromatic rings. The molecule has 1 unspecified atom stereocenters. The molecule has 1 fully saturated rings. The predicted octanol–water partition coefficient (Wildman–Crippen LogP) is 3.97. The van der Waals surface area contributed by atoms with Crippen molar-refractivity contribution in [2.24, 2.45) is 5.73 Å². The van der Waals surface area contributed by atoms with Crippen LogP contribution in [-0.4, -0.2) is 52.6 Å². The lowest BCUT2D eigenvalue weighted by Gasteiger charge is -2.33. The second-order valence-corrected chi connectivity index (χ2v) is 10.1. The summed E-state index contributed by atoms with van der Waals surface area (Å²) in [6.07, 6.45) is 3.66. The number of nitrogens with zero attached hydrogens (tertiary/aromatic N) is 4. The highest BCUT2D eigenvalue weighted by Gasteiger charge is 2.38. The molecule has 0 radical (unpaired) electrons. The lowest BCUT2D eigenvalue weighted by molar-refractivity contribution is 0.0708. The highest BCUT2D eigenvalue weighted by atomic mass is 16.5. The molecule has 2 aromatic carbocycles. The van der Waals surface area contributed by atoms with Gasteiger partial charge in [0.25, 0.3) is 5.91 Å². The van der Waals surface area contributed by atoms with Crippen molar-refractivity contribution < 1.29 is 9.53 Å². The molecule has 37 heavy (non-hydrogen) atoms. The molecule has 3 aliphatic rings. The summed E-state index contributed by atoms with van der Waals surface area (Å²) in [5.74, 6) is 0.778. The lowest BCUT2D eigenvalue weighted by Crippen LogP contribution is -2.45. The van der Waals surface area contributed by atoms with Crippen LogP contribution in [0.25, 0.3) is 10.9 Å². The molecule has 1 saturated heterocycles. The number of anilines is 2. The quantitative estimate of drug-likeness (QED) is 0.446. The van der Waals surface area contributed by atoms with E-state index in [1.54, 1.807) is 0 Å². The number of nitrogens with one attached hydrogen (secondary N) is 1. The van der Waals surface area contributed by atoms with Crippen LogP contribution in [0.2, 0.25) is 0 Å². The van der Waals surface area contributed by atoms with Gasteiger partial charge in [0, 0.05) is 41.8 Å². The first-order chi connectivity index (χ1) is 18.2. The maximum atomic E-state index is 13.4. The molecule has 3 aliphatic heterocycles. The zero-order chi connectivity index (χ0) is 24.9. The van der Waals surface area contributed by atoms with Crippen molar-refractivity contribution >= 4 is 28.2 Å². The Morgan fingerprint density at radius 3 is 2.86 bits per heavy atom. The first-order valence-corrected chi connectivity index (χ1v) is 13.0. The van der Waals surface area contributed by atoms with Crippen LogP contribution in [0.4, 0.5) is 11.4 Å². The van der Waals surface area contributed by atoms with Crippen molar-refractivity contribution in [1.82, 2.24) is 14.5 Å². The molecule has 0 aliphatic carbocycles. The molecule has 188 valence electrons. The molecule has 8 nitrogen and oxygen atoms in total. The fourth-order valence-corrected chi connectivity index (χ4v) is 6.00. The number of fused-ring (bicyclic) bond motifs is 1. The van der Waals surface area contributed by atoms with E-state index >= 15 is 0 Å². The predicted molar refractivity (Wildman–Crippen MR) is 144 cm³/mol. The van der Waals surface area contributed by atoms with Crippen LogP contribution in [0.5, 0.6) is 5.75 Å². The SMILES string of the molecule is NC1CCCN(C(=O)c2cc3c4c(c2)OCCN4[C@H](c2cc4ccccc4n2Cc2ccccn2)N3)C1. The average Bonchev–Trinajstić information content (AvgIpc) is 3.48. The van der Waals surface area contributed by atoms with Crippen molar-refractivity contribution in [3.05, 3.63) is 83.8 Å². The van der Waals surface area contributed by atoms with Gasteiger partial charge in [-0.15, -0.1) is 0 Å². The molecule has 3 N–H and O–H groups in total. The van der Waals surface area contributed by atoms with Gasteiger partial charge in [-0.05, 0) is 49.2 Å². The average molecular weight is 495 g/mol. The van der Waals surface area contributed by atoms with E-state index < -0.39 is 0 Å². The molecule has 8 heteroatoms. The van der Waals surface area contributed by atoms with Gasteiger partial charge >= 0.3 is 0 Å². The van der Waals surface area contributed by atoms with Gasteiger partial charge in [0.05, 0.1) is 30.2 Å². The van der Waals surface area contributed by atoms with Gasteiger partial charge in [0.1, 0.15) is 24.2 Å². The van der Waals surface area contributed by atoms with Crippen LogP contribution < -0.4 is 20.7 Å². The molecule has 0 saturated carbocycles. The van der Waals surface area contributed by atoms with Crippen LogP contribution in [0.1, 0.15) is 40.8 Å². The third-order valence-electron chi connectivity index (χ3n) is 7.72. The Morgan fingerprint density at radius 2 is 2.00 bits per heavy atom. The molecule has 0 bridgehead atoms. The highest BCUT2D eigenvalue weighted by molar-refractivity contribution is 5.99. The van der Waals surface area contributed by atoms with Gasteiger partial charge in [-0.25, -0.2) is 0 Å². The maximum Gasteiger partial charge on any atom is 0.254 e. The Bertz CT molecular complexity index is 1480. The summed E-state index contributed by atoms with van der Waals surface area (Å²) in [6, 6.07) is 20.7. The zero-order valence-electron chi connectivity index (χ0n) is 20.6. The number of nitrogens with two attached hydrogens (primary N) is 1. The highest BCUT2D eigenvalue weighted by Crippen LogP contribution is 2.50. The summed E-state index contributed by atoms with van der Waals surface area (Å²) >= 11 is 0. The molecular formula is C29H30N6O2. The van der Waals surface area contributed by atoms with E-state index in [0.717, 1.165) is 54.4 Å². The summed E-state index contributed by atoms with van der Waals surface area (Å²) in [7, 11) is 0. The van der Waals surface area contributed by atoms with Crippen LogP contribution in [-0.2, 0) is 6.54 Å². The van der Waals surface area contributed by atoms with E-state index in [0.29, 0.717) is 25.3 Å². The zero-order valence-corrected chi connectivity index (χ0v) is 20.6. The molecular weight excluding hydrogens is 464 g/mol. The number of rotatable bonds is 4. The van der Waals surface area contributed by atoms with Crippen molar-refractivity contribution in [2.75, 3.05) is 36.5 Å². The first kappa shape index (κ1) is 22.2. The lowest BCUT2D eigenvalue weighted by atomic mass is 10.0. The van der Waals surface area contributed by atoms with Crippen molar-refractivity contribution in [3.63, 3.8) is 0 Å². The fraction of sp³-hybridized carbons (Fsp3) is 0.310. The Balaban J connectivity index is 1.27. The Hall–Kier alpha value is -4.04. The van der Waals surface area contributed by atoms with Gasteiger partial charge in [-0.1, -0.05) is 24.3 Å². The number of ether oxygens (including phenoxy) is 1. The summed E-state index contributed by atoms with van der Waals surface area (Å²) in [4.78, 5) is 22.2. The smallest absolute Gasteiger partial charge is 0.254 e. The monoisotopic (exact) mass is 494 g/mol. The third-order valence-corrected chi connectivity index (χ3v) is 7.72. The number of aromatic nitrogens is 2. The Kier molecular flexibility index (Phi) is 5.28. The molecule has 1 amide bonds. The second-order valence-electron chi connectivity index (χ2n) is 10.1. The van der Waals surface area contributed by atoms with Crippen molar-refractivity contribution in [1.29, 1.82) is 0 Å². The second kappa shape index (κ2) is 8.81. The third kappa shape index (κ3) is 3.79. The van der Waals surface area contributed by atoms with Crippen LogP contribution >= 0.6 is 0 Å². The number of likely N-dealkylation sites (tertiary alicyclic amines) is 1. The molecule has 2 aromatic heterocycles. The van der Waals surface area contributed by atoms with Gasteiger partial charge in [-0.3, -0.25) is 9.78 Å². The summed E-state index contributed by atoms with van der Waals surface area (Å²) < 4.78 is 8.43. The Morgan fingerprint density at radius 1 is 1.11 bits per heavy atom. The molecule has 7 rings (SSSR count). The maximum absolute atomic E-state index is 13.4. The van der Waals surface area contributed by atoms with E-state index in [1.165, 1.54) is 10.9 Å². The van der Waals surface area contributed by atoms with E-state index in [-0.39, 0.29) is 18.1 Å². The molecule has 5 heterocycles. The molecule has 2 atom stereocenters. The van der Waals surface area contributed by atoms with Gasteiger partial charge < -0.3 is 30.2 Å². The van der Waals surface area contributed by atoms with E-state index in [1.807, 2.05) is 35.4 Å². The van der Waals surface area contributed by atoms with Crippen LogP contribution in [0, 0.1) is 0 Å². The fourth-order valence-electron chi connectivity index (χ4n) is 6.00. The van der Waals surface area contributed by atoms with E-state index in [9.17, 15) is 4.79 Å². The topological polar surface area (TPSA) is 88.7 Å². The minimum atomic E-state index is -0.0810. The van der Waals surface area contributed by atoms with Crippen molar-refractivity contribution in [3.8, 4) is 5.75 Å². The van der Waals surface area contributed by atoms with Crippen LogP contribution in [0.15, 0.2) is 66.9 Å². The number of carbonyl (C=O) groups excluding carboxylic acids is 1. The van der Waals surface area contributed by atoms with Gasteiger partial charge in [-0.2, -0.15) is 0 Å². The van der Waals surface area contributed by atoms with E-state index in [4.69, 9.17) is 10.5 Å². The number of hydrogen-bond acceptors (Lipinski definition) is 6. The van der Waals surface area contributed by atoms with Gasteiger partial charge in [0.2, 0.25) is 0 Å². The number of hydrogen-bond donors (Lipinski definition) is 2. The minimum Gasteiger partial charge on any atom is -0.489 e. The van der Waals surface area contributed by atoms with E-state index in [2.05, 4.69) is 56.2 Å². The number of pyridine rings is 1. The summed E-state index contributed by atoms with van der Waals surface area (Å²) in [5, 5.41) is 4.93. The number of benzene rings is 2. The number of amides is 1. The standard InChI is InChI=1S/C29H30N6O2/c30-21-7-5-11-33(17-21)29(36)20-14-23-27-26(16-20)37-13-12-34(27)28(32-23)25-15-19-6-1-2-9-24(19)35(25)18-22-8-3-4-10-31-22/h1-4,6,8-10,14-16,21,28,32H,5,7,11-13,17-18,30H2/t21?,28-/m1/s1. The first-order valence-electron chi connectivity index (χ1n) is 13.0. The largest absolute Gasteiger partial charge is 0.489 e.